The molecule has 0 bridgehead atoms. The van der Waals surface area contributed by atoms with Gasteiger partial charge in [0.2, 0.25) is 0 Å². The summed E-state index contributed by atoms with van der Waals surface area (Å²) in [6.07, 6.45) is 4.29. The van der Waals surface area contributed by atoms with Crippen LogP contribution in [0.3, 0.4) is 0 Å². The van der Waals surface area contributed by atoms with Gasteiger partial charge < -0.3 is 0 Å². The maximum Gasteiger partial charge on any atom is 0.0490 e. The molecule has 16 heavy (non-hydrogen) atoms. The van der Waals surface area contributed by atoms with Gasteiger partial charge in [-0.15, -0.1) is 0 Å². The van der Waals surface area contributed by atoms with Crippen LogP contribution in [0.15, 0.2) is 12.3 Å². The third-order valence-electron chi connectivity index (χ3n) is 3.97. The summed E-state index contributed by atoms with van der Waals surface area (Å²) >= 11 is 0. The quantitative estimate of drug-likeness (QED) is 0.790. The normalized spacial score (nSPS) is 22.2. The van der Waals surface area contributed by atoms with Crippen LogP contribution in [0.4, 0.5) is 0 Å². The van der Waals surface area contributed by atoms with Gasteiger partial charge in [-0.2, -0.15) is 5.10 Å². The van der Waals surface area contributed by atoms with Crippen LogP contribution in [0.2, 0.25) is 0 Å². The average molecular weight is 221 g/mol. The van der Waals surface area contributed by atoms with Crippen molar-refractivity contribution in [3.8, 4) is 0 Å². The van der Waals surface area contributed by atoms with Gasteiger partial charge in [-0.25, -0.2) is 0 Å². The maximum absolute atomic E-state index is 4.07. The third kappa shape index (κ3) is 2.14. The highest BCUT2D eigenvalue weighted by Gasteiger charge is 2.35. The molecule has 1 N–H and O–H groups in total. The molecular formula is C13H23N3. The van der Waals surface area contributed by atoms with Gasteiger partial charge in [0.1, 0.15) is 0 Å². The minimum Gasteiger partial charge on any atom is -0.298 e. The SMILES string of the molecule is CC1(c2ccn[nH]2)CCN(C(C)(C)C)CC1. The monoisotopic (exact) mass is 221 g/mol. The summed E-state index contributed by atoms with van der Waals surface area (Å²) in [7, 11) is 0. The first-order chi connectivity index (χ1) is 7.42. The number of hydrogen-bond donors (Lipinski definition) is 1. The molecule has 1 aromatic heterocycles. The van der Waals surface area contributed by atoms with Crippen LogP contribution < -0.4 is 0 Å². The molecule has 3 nitrogen and oxygen atoms in total. The molecular weight excluding hydrogens is 198 g/mol. The first-order valence-corrected chi connectivity index (χ1v) is 6.17. The molecule has 0 unspecified atom stereocenters. The van der Waals surface area contributed by atoms with E-state index in [1.54, 1.807) is 0 Å². The zero-order valence-electron chi connectivity index (χ0n) is 10.9. The van der Waals surface area contributed by atoms with Crippen molar-refractivity contribution in [3.63, 3.8) is 0 Å². The second-order valence-corrected chi connectivity index (χ2v) is 6.19. The van der Waals surface area contributed by atoms with E-state index in [9.17, 15) is 0 Å². The molecule has 1 aliphatic heterocycles. The van der Waals surface area contributed by atoms with Crippen LogP contribution >= 0.6 is 0 Å². The summed E-state index contributed by atoms with van der Waals surface area (Å²) in [6, 6.07) is 2.12. The van der Waals surface area contributed by atoms with E-state index in [4.69, 9.17) is 0 Å². The fraction of sp³-hybridized carbons (Fsp3) is 0.769. The number of hydrogen-bond acceptors (Lipinski definition) is 2. The zero-order chi connectivity index (χ0) is 11.8. The smallest absolute Gasteiger partial charge is 0.0490 e. The van der Waals surface area contributed by atoms with Gasteiger partial charge in [0.15, 0.2) is 0 Å². The second kappa shape index (κ2) is 3.88. The van der Waals surface area contributed by atoms with E-state index >= 15 is 0 Å². The lowest BCUT2D eigenvalue weighted by molar-refractivity contribution is 0.0782. The fourth-order valence-electron chi connectivity index (χ4n) is 2.53. The maximum atomic E-state index is 4.07. The number of nitrogens with zero attached hydrogens (tertiary/aromatic N) is 2. The van der Waals surface area contributed by atoms with E-state index in [0.717, 1.165) is 0 Å². The van der Waals surface area contributed by atoms with Crippen molar-refractivity contribution in [2.45, 2.75) is 51.5 Å². The topological polar surface area (TPSA) is 31.9 Å². The number of H-pyrrole nitrogens is 1. The summed E-state index contributed by atoms with van der Waals surface area (Å²) in [5, 5.41) is 7.20. The Morgan fingerprint density at radius 3 is 2.38 bits per heavy atom. The molecule has 1 aliphatic rings. The predicted octanol–water partition coefficient (Wildman–Crippen LogP) is 2.56. The minimum absolute atomic E-state index is 0.290. The summed E-state index contributed by atoms with van der Waals surface area (Å²) in [6.45, 7) is 11.6. The lowest BCUT2D eigenvalue weighted by Gasteiger charge is -2.44. The summed E-state index contributed by atoms with van der Waals surface area (Å²) < 4.78 is 0. The van der Waals surface area contributed by atoms with Crippen molar-refractivity contribution >= 4 is 0 Å². The first kappa shape index (κ1) is 11.6. The molecule has 90 valence electrons. The molecule has 0 saturated carbocycles. The number of piperidine rings is 1. The molecule has 0 aliphatic carbocycles. The van der Waals surface area contributed by atoms with Crippen molar-refractivity contribution in [3.05, 3.63) is 18.0 Å². The zero-order valence-corrected chi connectivity index (χ0v) is 10.9. The van der Waals surface area contributed by atoms with Crippen molar-refractivity contribution in [1.82, 2.24) is 15.1 Å². The van der Waals surface area contributed by atoms with E-state index < -0.39 is 0 Å². The van der Waals surface area contributed by atoms with Crippen LogP contribution in [0.25, 0.3) is 0 Å². The predicted molar refractivity (Wildman–Crippen MR) is 66.5 cm³/mol. The summed E-state index contributed by atoms with van der Waals surface area (Å²) in [4.78, 5) is 2.57. The van der Waals surface area contributed by atoms with E-state index in [1.165, 1.54) is 31.6 Å². The van der Waals surface area contributed by atoms with Crippen molar-refractivity contribution in [2.24, 2.45) is 0 Å². The molecule has 0 radical (unpaired) electrons. The molecule has 2 rings (SSSR count). The van der Waals surface area contributed by atoms with E-state index in [2.05, 4.69) is 48.9 Å². The van der Waals surface area contributed by atoms with Gasteiger partial charge in [-0.05, 0) is 52.8 Å². The Morgan fingerprint density at radius 1 is 1.31 bits per heavy atom. The standard InChI is InChI=1S/C13H23N3/c1-12(2,3)16-9-6-13(4,7-10-16)11-5-8-14-15-11/h5,8H,6-7,9-10H2,1-4H3,(H,14,15). The molecule has 0 spiro atoms. The minimum atomic E-state index is 0.290. The van der Waals surface area contributed by atoms with Crippen molar-refractivity contribution < 1.29 is 0 Å². The Hall–Kier alpha value is -0.830. The average Bonchev–Trinajstić information content (AvgIpc) is 2.70. The largest absolute Gasteiger partial charge is 0.298 e. The van der Waals surface area contributed by atoms with E-state index in [1.807, 2.05) is 6.20 Å². The number of rotatable bonds is 1. The van der Waals surface area contributed by atoms with Crippen LogP contribution in [-0.4, -0.2) is 33.7 Å². The van der Waals surface area contributed by atoms with Gasteiger partial charge in [-0.3, -0.25) is 10.00 Å². The number of aromatic amines is 1. The molecule has 2 heterocycles. The number of aromatic nitrogens is 2. The molecule has 0 amide bonds. The lowest BCUT2D eigenvalue weighted by atomic mass is 9.77. The second-order valence-electron chi connectivity index (χ2n) is 6.19. The number of likely N-dealkylation sites (tertiary alicyclic amines) is 1. The highest BCUT2D eigenvalue weighted by molar-refractivity contribution is 5.15. The number of nitrogens with one attached hydrogen (secondary N) is 1. The van der Waals surface area contributed by atoms with Crippen molar-refractivity contribution in [2.75, 3.05) is 13.1 Å². The van der Waals surface area contributed by atoms with Gasteiger partial charge in [-0.1, -0.05) is 6.92 Å². The third-order valence-corrected chi connectivity index (χ3v) is 3.97. The fourth-order valence-corrected chi connectivity index (χ4v) is 2.53. The van der Waals surface area contributed by atoms with Gasteiger partial charge in [0.25, 0.3) is 0 Å². The molecule has 0 atom stereocenters. The van der Waals surface area contributed by atoms with Crippen LogP contribution in [0, 0.1) is 0 Å². The van der Waals surface area contributed by atoms with Gasteiger partial charge >= 0.3 is 0 Å². The summed E-state index contributed by atoms with van der Waals surface area (Å²) in [5.74, 6) is 0. The molecule has 3 heteroatoms. The van der Waals surface area contributed by atoms with Crippen LogP contribution in [0.5, 0.6) is 0 Å². The molecule has 1 fully saturated rings. The van der Waals surface area contributed by atoms with E-state index in [-0.39, 0.29) is 5.41 Å². The van der Waals surface area contributed by atoms with Crippen molar-refractivity contribution in [1.29, 1.82) is 0 Å². The molecule has 0 aromatic carbocycles. The Bertz CT molecular complexity index is 327. The summed E-state index contributed by atoms with van der Waals surface area (Å²) in [5.41, 5.74) is 1.88. The van der Waals surface area contributed by atoms with Gasteiger partial charge in [0, 0.05) is 22.8 Å². The molecule has 1 aromatic rings. The highest BCUT2D eigenvalue weighted by Crippen LogP contribution is 2.35. The Balaban J connectivity index is 2.05. The molecule has 1 saturated heterocycles. The first-order valence-electron chi connectivity index (χ1n) is 6.17. The van der Waals surface area contributed by atoms with Gasteiger partial charge in [0.05, 0.1) is 0 Å². The van der Waals surface area contributed by atoms with Crippen LogP contribution in [-0.2, 0) is 5.41 Å². The lowest BCUT2D eigenvalue weighted by Crippen LogP contribution is -2.49. The Morgan fingerprint density at radius 2 is 1.94 bits per heavy atom. The van der Waals surface area contributed by atoms with Crippen LogP contribution in [0.1, 0.15) is 46.2 Å². The van der Waals surface area contributed by atoms with E-state index in [0.29, 0.717) is 5.54 Å². The Kier molecular flexibility index (Phi) is 2.82. The highest BCUT2D eigenvalue weighted by atomic mass is 15.2. The Labute approximate surface area is 98.2 Å².